The van der Waals surface area contributed by atoms with Crippen LogP contribution >= 0.6 is 0 Å². The van der Waals surface area contributed by atoms with Crippen LogP contribution in [0.3, 0.4) is 0 Å². The standard InChI is InChI=1S/C31H33N5O3/c1-19-7-8-21(26(15-29(37)38)25-11-12-27-30(20(25)2)33-34-35(27)6)13-23(19)17-36-16-22-9-10-24(32-5)14-28(22)39-31(3,4)18-36/h7-14,26H,15-18H2,1-4,6H3,(H,37,38)/t26-/m0/s1. The first-order valence-electron chi connectivity index (χ1n) is 13.1. The van der Waals surface area contributed by atoms with Crippen LogP contribution in [0.5, 0.6) is 5.75 Å². The van der Waals surface area contributed by atoms with Crippen LogP contribution in [0, 0.1) is 20.4 Å². The molecule has 1 N–H and O–H groups in total. The van der Waals surface area contributed by atoms with Gasteiger partial charge in [-0.25, -0.2) is 9.53 Å². The van der Waals surface area contributed by atoms with Crippen molar-refractivity contribution in [2.45, 2.75) is 58.7 Å². The van der Waals surface area contributed by atoms with Crippen molar-refractivity contribution in [3.8, 4) is 5.75 Å². The lowest BCUT2D eigenvalue weighted by atomic mass is 9.84. The molecule has 0 amide bonds. The van der Waals surface area contributed by atoms with Crippen LogP contribution in [-0.2, 0) is 24.9 Å². The fraction of sp³-hybridized carbons (Fsp3) is 0.355. The number of carboxylic acid groups (broad SMARTS) is 1. The van der Waals surface area contributed by atoms with Crippen LogP contribution in [0.2, 0.25) is 0 Å². The molecule has 4 aromatic rings. The van der Waals surface area contributed by atoms with Gasteiger partial charge in [-0.15, -0.1) is 5.10 Å². The van der Waals surface area contributed by atoms with Crippen molar-refractivity contribution in [3.05, 3.63) is 93.3 Å². The number of fused-ring (bicyclic) bond motifs is 2. The number of hydrogen-bond donors (Lipinski definition) is 1. The molecule has 0 bridgehead atoms. The SMILES string of the molecule is [C-]#[N+]c1ccc2c(c1)OC(C)(C)CN(Cc1cc([C@H](CC(=O)O)c3ccc4c(nnn4C)c3C)ccc1C)C2. The summed E-state index contributed by atoms with van der Waals surface area (Å²) in [6.07, 6.45) is -0.0174. The molecule has 1 aliphatic heterocycles. The maximum atomic E-state index is 12.0. The number of benzene rings is 3. The average Bonchev–Trinajstić information content (AvgIpc) is 3.20. The summed E-state index contributed by atoms with van der Waals surface area (Å²) >= 11 is 0. The van der Waals surface area contributed by atoms with Gasteiger partial charge in [0.15, 0.2) is 5.69 Å². The molecule has 200 valence electrons. The van der Waals surface area contributed by atoms with E-state index < -0.39 is 11.6 Å². The van der Waals surface area contributed by atoms with Crippen LogP contribution in [-0.4, -0.2) is 43.1 Å². The van der Waals surface area contributed by atoms with E-state index in [1.807, 2.05) is 50.4 Å². The van der Waals surface area contributed by atoms with E-state index in [0.717, 1.165) is 50.2 Å². The van der Waals surface area contributed by atoms with E-state index in [4.69, 9.17) is 11.3 Å². The zero-order chi connectivity index (χ0) is 27.9. The summed E-state index contributed by atoms with van der Waals surface area (Å²) in [5.74, 6) is -0.398. The second-order valence-electron chi connectivity index (χ2n) is 11.1. The molecule has 0 fully saturated rings. The highest BCUT2D eigenvalue weighted by Crippen LogP contribution is 2.36. The van der Waals surface area contributed by atoms with Gasteiger partial charge in [0.25, 0.3) is 0 Å². The van der Waals surface area contributed by atoms with Gasteiger partial charge in [0.1, 0.15) is 16.9 Å². The minimum absolute atomic E-state index is 0.0174. The summed E-state index contributed by atoms with van der Waals surface area (Å²) in [5.41, 5.74) is 8.08. The highest BCUT2D eigenvalue weighted by molar-refractivity contribution is 5.80. The lowest BCUT2D eigenvalue weighted by Crippen LogP contribution is -2.40. The van der Waals surface area contributed by atoms with E-state index in [9.17, 15) is 9.90 Å². The van der Waals surface area contributed by atoms with Crippen LogP contribution in [0.4, 0.5) is 5.69 Å². The van der Waals surface area contributed by atoms with Gasteiger partial charge in [-0.3, -0.25) is 9.69 Å². The minimum Gasteiger partial charge on any atom is -0.488 e. The minimum atomic E-state index is -0.845. The summed E-state index contributed by atoms with van der Waals surface area (Å²) in [6, 6.07) is 15.9. The van der Waals surface area contributed by atoms with Crippen molar-refractivity contribution in [2.75, 3.05) is 6.54 Å². The Kier molecular flexibility index (Phi) is 6.87. The molecular weight excluding hydrogens is 490 g/mol. The van der Waals surface area contributed by atoms with Crippen LogP contribution in [0.1, 0.15) is 59.6 Å². The van der Waals surface area contributed by atoms with Gasteiger partial charge in [-0.05, 0) is 67.6 Å². The Morgan fingerprint density at radius 3 is 2.72 bits per heavy atom. The Bertz CT molecular complexity index is 1610. The van der Waals surface area contributed by atoms with Gasteiger partial charge >= 0.3 is 5.97 Å². The van der Waals surface area contributed by atoms with Crippen LogP contribution in [0.25, 0.3) is 15.9 Å². The molecule has 1 aromatic heterocycles. The fourth-order valence-electron chi connectivity index (χ4n) is 5.64. The first kappa shape index (κ1) is 26.4. The maximum Gasteiger partial charge on any atom is 0.304 e. The third-order valence-electron chi connectivity index (χ3n) is 7.57. The molecule has 0 saturated carbocycles. The van der Waals surface area contributed by atoms with Crippen LogP contribution in [0.15, 0.2) is 48.5 Å². The Hall–Kier alpha value is -4.22. The quantitative estimate of drug-likeness (QED) is 0.316. The number of carbonyl (C=O) groups is 1. The Labute approximate surface area is 228 Å². The number of aromatic nitrogens is 3. The van der Waals surface area contributed by atoms with Crippen molar-refractivity contribution in [1.29, 1.82) is 0 Å². The molecule has 39 heavy (non-hydrogen) atoms. The van der Waals surface area contributed by atoms with Crippen molar-refractivity contribution >= 4 is 22.7 Å². The summed E-state index contributed by atoms with van der Waals surface area (Å²) in [6.45, 7) is 17.7. The zero-order valence-electron chi connectivity index (χ0n) is 23.0. The summed E-state index contributed by atoms with van der Waals surface area (Å²) in [4.78, 5) is 17.9. The van der Waals surface area contributed by atoms with E-state index in [0.29, 0.717) is 25.3 Å². The number of aliphatic carboxylic acids is 1. The molecule has 0 aliphatic carbocycles. The second-order valence-corrected chi connectivity index (χ2v) is 11.1. The summed E-state index contributed by atoms with van der Waals surface area (Å²) in [7, 11) is 1.85. The normalized spacial score (nSPS) is 15.7. The smallest absolute Gasteiger partial charge is 0.304 e. The van der Waals surface area contributed by atoms with E-state index in [2.05, 4.69) is 53.0 Å². The Balaban J connectivity index is 1.50. The van der Waals surface area contributed by atoms with Gasteiger partial charge in [-0.1, -0.05) is 41.6 Å². The van der Waals surface area contributed by atoms with Crippen molar-refractivity contribution in [3.63, 3.8) is 0 Å². The topological polar surface area (TPSA) is 84.8 Å². The lowest BCUT2D eigenvalue weighted by molar-refractivity contribution is -0.137. The first-order valence-corrected chi connectivity index (χ1v) is 13.1. The van der Waals surface area contributed by atoms with Gasteiger partial charge in [0.05, 0.1) is 18.5 Å². The monoisotopic (exact) mass is 523 g/mol. The second kappa shape index (κ2) is 10.2. The number of ether oxygens (including phenoxy) is 1. The first-order chi connectivity index (χ1) is 18.5. The molecule has 2 heterocycles. The highest BCUT2D eigenvalue weighted by atomic mass is 16.5. The lowest BCUT2D eigenvalue weighted by Gasteiger charge is -2.30. The number of nitrogens with zero attached hydrogens (tertiary/aromatic N) is 5. The number of aryl methyl sites for hydroxylation is 3. The van der Waals surface area contributed by atoms with E-state index in [-0.39, 0.29) is 12.3 Å². The Morgan fingerprint density at radius 1 is 1.18 bits per heavy atom. The number of rotatable bonds is 6. The highest BCUT2D eigenvalue weighted by Gasteiger charge is 2.30. The number of carboxylic acids is 1. The van der Waals surface area contributed by atoms with Gasteiger partial charge in [0.2, 0.25) is 0 Å². The van der Waals surface area contributed by atoms with Gasteiger partial charge < -0.3 is 9.84 Å². The number of hydrogen-bond acceptors (Lipinski definition) is 5. The molecule has 0 saturated heterocycles. The molecule has 0 radical (unpaired) electrons. The van der Waals surface area contributed by atoms with E-state index >= 15 is 0 Å². The van der Waals surface area contributed by atoms with Crippen LogP contribution < -0.4 is 4.74 Å². The maximum absolute atomic E-state index is 12.0. The van der Waals surface area contributed by atoms with Crippen molar-refractivity contribution < 1.29 is 14.6 Å². The molecule has 5 rings (SSSR count). The molecule has 3 aromatic carbocycles. The largest absolute Gasteiger partial charge is 0.488 e. The van der Waals surface area contributed by atoms with E-state index in [1.165, 1.54) is 0 Å². The molecule has 8 nitrogen and oxygen atoms in total. The molecule has 0 spiro atoms. The molecule has 1 atom stereocenters. The third kappa shape index (κ3) is 5.36. The van der Waals surface area contributed by atoms with Gasteiger partial charge in [-0.2, -0.15) is 0 Å². The predicted octanol–water partition coefficient (Wildman–Crippen LogP) is 5.92. The fourth-order valence-corrected chi connectivity index (χ4v) is 5.64. The predicted molar refractivity (Wildman–Crippen MR) is 150 cm³/mol. The zero-order valence-corrected chi connectivity index (χ0v) is 23.0. The summed E-state index contributed by atoms with van der Waals surface area (Å²) < 4.78 is 8.07. The molecule has 0 unspecified atom stereocenters. The molecular formula is C31H33N5O3. The summed E-state index contributed by atoms with van der Waals surface area (Å²) in [5, 5.41) is 18.3. The van der Waals surface area contributed by atoms with Crippen molar-refractivity contribution in [2.24, 2.45) is 7.05 Å². The molecule has 8 heteroatoms. The molecule has 1 aliphatic rings. The Morgan fingerprint density at radius 2 is 1.97 bits per heavy atom. The van der Waals surface area contributed by atoms with Gasteiger partial charge in [0, 0.05) is 38.2 Å². The van der Waals surface area contributed by atoms with E-state index in [1.54, 1.807) is 4.68 Å². The average molecular weight is 524 g/mol. The third-order valence-corrected chi connectivity index (χ3v) is 7.57. The van der Waals surface area contributed by atoms with Crippen molar-refractivity contribution in [1.82, 2.24) is 19.9 Å².